The molecule has 1 aromatic heterocycles. The molecule has 1 rings (SSSR count). The van der Waals surface area contributed by atoms with Crippen LogP contribution in [0.4, 0.5) is 0 Å². The van der Waals surface area contributed by atoms with Gasteiger partial charge in [-0.05, 0) is 0 Å². The molecule has 0 saturated heterocycles. The van der Waals surface area contributed by atoms with Crippen LogP contribution < -0.4 is 4.57 Å². The van der Waals surface area contributed by atoms with E-state index in [1.807, 2.05) is 27.9 Å². The fourth-order valence-corrected chi connectivity index (χ4v) is 1.51. The molecule has 0 amide bonds. The standard InChI is InChI=1S/C11H16N2O4S2/c14-10(7-18)16-5-3-12-1-2-13(9-12)4-6-17-11(15)8-19/h1-2,9H,3-8H2,(H-,18,19)/p+1. The average molecular weight is 305 g/mol. The smallest absolute Gasteiger partial charge is 0.315 e. The summed E-state index contributed by atoms with van der Waals surface area (Å²) in [6.45, 7) is 1.76. The van der Waals surface area contributed by atoms with Gasteiger partial charge in [0.1, 0.15) is 38.7 Å². The minimum absolute atomic E-state index is 0.0855. The zero-order chi connectivity index (χ0) is 14.1. The summed E-state index contributed by atoms with van der Waals surface area (Å²) in [7, 11) is 0. The second-order valence-corrected chi connectivity index (χ2v) is 4.28. The summed E-state index contributed by atoms with van der Waals surface area (Å²) < 4.78 is 13.6. The average Bonchev–Trinajstić information content (AvgIpc) is 2.86. The first-order valence-corrected chi connectivity index (χ1v) is 7.00. The first-order chi connectivity index (χ1) is 9.15. The fourth-order valence-electron chi connectivity index (χ4n) is 1.32. The lowest BCUT2D eigenvalue weighted by molar-refractivity contribution is -0.697. The molecule has 19 heavy (non-hydrogen) atoms. The molecule has 106 valence electrons. The number of hydrogen-bond acceptors (Lipinski definition) is 6. The Bertz CT molecular complexity index is 386. The molecule has 0 fully saturated rings. The van der Waals surface area contributed by atoms with E-state index in [1.54, 1.807) is 0 Å². The molecular weight excluding hydrogens is 288 g/mol. The molecular formula is C11H17N2O4S2+. The SMILES string of the molecule is O=C(CS)OCCn1cc[n+](CCOC(=O)CS)c1. The van der Waals surface area contributed by atoms with Gasteiger partial charge in [0, 0.05) is 0 Å². The molecule has 0 aliphatic carbocycles. The number of hydrogen-bond donors (Lipinski definition) is 2. The number of carbonyl (C=O) groups is 2. The van der Waals surface area contributed by atoms with Crippen LogP contribution in [0.5, 0.6) is 0 Å². The van der Waals surface area contributed by atoms with Gasteiger partial charge < -0.3 is 9.47 Å². The summed E-state index contributed by atoms with van der Waals surface area (Å²) in [6, 6.07) is 0. The first kappa shape index (κ1) is 15.9. The van der Waals surface area contributed by atoms with Crippen molar-refractivity contribution in [2.45, 2.75) is 13.1 Å². The molecule has 0 spiro atoms. The van der Waals surface area contributed by atoms with Crippen LogP contribution in [-0.2, 0) is 32.2 Å². The first-order valence-electron chi connectivity index (χ1n) is 5.73. The van der Waals surface area contributed by atoms with Crippen LogP contribution in [0.25, 0.3) is 0 Å². The molecule has 0 radical (unpaired) electrons. The van der Waals surface area contributed by atoms with E-state index in [0.717, 1.165) is 0 Å². The van der Waals surface area contributed by atoms with Crippen LogP contribution >= 0.6 is 25.3 Å². The van der Waals surface area contributed by atoms with E-state index in [1.165, 1.54) is 0 Å². The number of imidazole rings is 1. The van der Waals surface area contributed by atoms with Gasteiger partial charge in [-0.3, -0.25) is 9.59 Å². The van der Waals surface area contributed by atoms with Gasteiger partial charge in [-0.15, -0.1) is 0 Å². The molecule has 1 heterocycles. The van der Waals surface area contributed by atoms with E-state index < -0.39 is 0 Å². The predicted molar refractivity (Wildman–Crippen MR) is 74.3 cm³/mol. The van der Waals surface area contributed by atoms with Crippen molar-refractivity contribution in [1.82, 2.24) is 4.57 Å². The van der Waals surface area contributed by atoms with Crippen molar-refractivity contribution in [1.29, 1.82) is 0 Å². The quantitative estimate of drug-likeness (QED) is 0.394. The van der Waals surface area contributed by atoms with Crippen molar-refractivity contribution in [3.63, 3.8) is 0 Å². The summed E-state index contributed by atoms with van der Waals surface area (Å²) in [6.07, 6.45) is 5.56. The second-order valence-electron chi connectivity index (χ2n) is 3.65. The Kier molecular flexibility index (Phi) is 7.42. The van der Waals surface area contributed by atoms with E-state index in [2.05, 4.69) is 25.3 Å². The highest BCUT2D eigenvalue weighted by atomic mass is 32.1. The number of aromatic nitrogens is 2. The third-order valence-corrected chi connectivity index (χ3v) is 2.75. The number of thiol groups is 2. The Morgan fingerprint density at radius 2 is 1.74 bits per heavy atom. The number of esters is 2. The van der Waals surface area contributed by atoms with Crippen molar-refractivity contribution >= 4 is 37.2 Å². The van der Waals surface area contributed by atoms with Crippen LogP contribution in [0.1, 0.15) is 0 Å². The highest BCUT2D eigenvalue weighted by molar-refractivity contribution is 7.81. The van der Waals surface area contributed by atoms with Crippen LogP contribution in [-0.4, -0.2) is 41.2 Å². The molecule has 8 heteroatoms. The third kappa shape index (κ3) is 6.53. The Labute approximate surface area is 122 Å². The minimum atomic E-state index is -0.331. The summed E-state index contributed by atoms with van der Waals surface area (Å²) in [5.74, 6) is -0.492. The monoisotopic (exact) mass is 305 g/mol. The van der Waals surface area contributed by atoms with Gasteiger partial charge in [0.15, 0.2) is 0 Å². The largest absolute Gasteiger partial charge is 0.461 e. The molecule has 0 unspecified atom stereocenters. The van der Waals surface area contributed by atoms with E-state index in [0.29, 0.717) is 26.3 Å². The predicted octanol–water partition coefficient (Wildman–Crippen LogP) is -0.278. The Hall–Kier alpha value is -1.15. The maximum absolute atomic E-state index is 10.9. The molecule has 0 atom stereocenters. The summed E-state index contributed by atoms with van der Waals surface area (Å²) in [4.78, 5) is 21.7. The van der Waals surface area contributed by atoms with E-state index >= 15 is 0 Å². The van der Waals surface area contributed by atoms with Gasteiger partial charge in [0.05, 0.1) is 11.5 Å². The van der Waals surface area contributed by atoms with E-state index in [-0.39, 0.29) is 23.4 Å². The van der Waals surface area contributed by atoms with Crippen LogP contribution in [0.2, 0.25) is 0 Å². The third-order valence-electron chi connectivity index (χ3n) is 2.23. The summed E-state index contributed by atoms with van der Waals surface area (Å²) in [5.41, 5.74) is 0. The fraction of sp³-hybridized carbons (Fsp3) is 0.545. The Balaban J connectivity index is 2.24. The number of rotatable bonds is 8. The van der Waals surface area contributed by atoms with Crippen molar-refractivity contribution in [3.05, 3.63) is 18.7 Å². The van der Waals surface area contributed by atoms with Crippen molar-refractivity contribution in [2.75, 3.05) is 24.7 Å². The zero-order valence-electron chi connectivity index (χ0n) is 10.4. The number of ether oxygens (including phenoxy) is 2. The lowest BCUT2D eigenvalue weighted by Crippen LogP contribution is -2.34. The maximum Gasteiger partial charge on any atom is 0.315 e. The molecule has 0 bridgehead atoms. The van der Waals surface area contributed by atoms with Crippen molar-refractivity contribution in [2.24, 2.45) is 0 Å². The maximum atomic E-state index is 10.9. The zero-order valence-corrected chi connectivity index (χ0v) is 12.2. The Morgan fingerprint density at radius 1 is 1.11 bits per heavy atom. The van der Waals surface area contributed by atoms with Crippen LogP contribution in [0.3, 0.4) is 0 Å². The number of nitrogens with zero attached hydrogens (tertiary/aromatic N) is 2. The van der Waals surface area contributed by atoms with Gasteiger partial charge in [0.2, 0.25) is 6.33 Å². The molecule has 1 aromatic rings. The molecule has 0 aromatic carbocycles. The van der Waals surface area contributed by atoms with E-state index in [4.69, 9.17) is 9.47 Å². The highest BCUT2D eigenvalue weighted by Gasteiger charge is 2.06. The summed E-state index contributed by atoms with van der Waals surface area (Å²) >= 11 is 7.62. The topological polar surface area (TPSA) is 61.4 Å². The van der Waals surface area contributed by atoms with Gasteiger partial charge in [-0.1, -0.05) is 0 Å². The van der Waals surface area contributed by atoms with Gasteiger partial charge >= 0.3 is 11.9 Å². The lowest BCUT2D eigenvalue weighted by Gasteiger charge is -2.00. The summed E-state index contributed by atoms with van der Waals surface area (Å²) in [5, 5.41) is 0. The molecule has 0 N–H and O–H groups in total. The normalized spacial score (nSPS) is 10.2. The van der Waals surface area contributed by atoms with Crippen molar-refractivity contribution < 1.29 is 23.6 Å². The lowest BCUT2D eigenvalue weighted by atomic mass is 10.6. The van der Waals surface area contributed by atoms with Crippen molar-refractivity contribution in [3.8, 4) is 0 Å². The molecule has 6 nitrogen and oxygen atoms in total. The minimum Gasteiger partial charge on any atom is -0.461 e. The van der Waals surface area contributed by atoms with Crippen LogP contribution in [0, 0.1) is 0 Å². The molecule has 0 saturated carbocycles. The van der Waals surface area contributed by atoms with Gasteiger partial charge in [-0.2, -0.15) is 25.3 Å². The van der Waals surface area contributed by atoms with Gasteiger partial charge in [0.25, 0.3) is 0 Å². The molecule has 0 aliphatic rings. The van der Waals surface area contributed by atoms with Gasteiger partial charge in [-0.25, -0.2) is 9.13 Å². The second kappa shape index (κ2) is 8.87. The Morgan fingerprint density at radius 3 is 2.37 bits per heavy atom. The highest BCUT2D eigenvalue weighted by Crippen LogP contribution is 1.89. The molecule has 0 aliphatic heterocycles. The van der Waals surface area contributed by atoms with E-state index in [9.17, 15) is 9.59 Å². The van der Waals surface area contributed by atoms with Crippen LogP contribution in [0.15, 0.2) is 18.7 Å². The number of carbonyl (C=O) groups excluding carboxylic acids is 2.